The van der Waals surface area contributed by atoms with Crippen LogP contribution in [0.1, 0.15) is 27.7 Å². The summed E-state index contributed by atoms with van der Waals surface area (Å²) in [6, 6.07) is -1.13. The number of hydrogen-bond acceptors (Lipinski definition) is 9. The molecule has 0 spiro atoms. The first-order valence-corrected chi connectivity index (χ1v) is 7.20. The first kappa shape index (κ1) is 19.8. The zero-order chi connectivity index (χ0) is 18.4. The molecule has 0 aromatic rings. The van der Waals surface area contributed by atoms with Crippen LogP contribution in [-0.2, 0) is 38.1 Å². The lowest BCUT2D eigenvalue weighted by molar-refractivity contribution is -0.267. The molecule has 24 heavy (non-hydrogen) atoms. The zero-order valence-electron chi connectivity index (χ0n) is 13.8. The molecule has 1 rings (SSSR count). The summed E-state index contributed by atoms with van der Waals surface area (Å²) in [7, 11) is 0. The molecule has 0 saturated carbocycles. The second-order valence-electron chi connectivity index (χ2n) is 5.25. The maximum atomic E-state index is 11.4. The van der Waals surface area contributed by atoms with Gasteiger partial charge in [0, 0.05) is 27.7 Å². The number of aliphatic hydroxyl groups excluding tert-OH is 1. The quantitative estimate of drug-likeness (QED) is 0.456. The molecule has 0 bridgehead atoms. The van der Waals surface area contributed by atoms with E-state index in [2.05, 4.69) is 5.32 Å². The van der Waals surface area contributed by atoms with Gasteiger partial charge in [0.25, 0.3) is 0 Å². The molecule has 0 radical (unpaired) electrons. The Morgan fingerprint density at radius 3 is 2.04 bits per heavy atom. The summed E-state index contributed by atoms with van der Waals surface area (Å²) in [6.07, 6.45) is -5.13. The van der Waals surface area contributed by atoms with Gasteiger partial charge in [0.1, 0.15) is 24.9 Å². The van der Waals surface area contributed by atoms with E-state index in [1.54, 1.807) is 0 Å². The fourth-order valence-corrected chi connectivity index (χ4v) is 2.24. The van der Waals surface area contributed by atoms with Crippen LogP contribution in [0.25, 0.3) is 0 Å². The number of ether oxygens (including phenoxy) is 4. The van der Waals surface area contributed by atoms with Gasteiger partial charge in [0.2, 0.25) is 12.2 Å². The Morgan fingerprint density at radius 2 is 1.58 bits per heavy atom. The maximum absolute atomic E-state index is 11.4. The summed E-state index contributed by atoms with van der Waals surface area (Å²) in [4.78, 5) is 44.9. The molecule has 136 valence electrons. The highest BCUT2D eigenvalue weighted by Crippen LogP contribution is 2.25. The van der Waals surface area contributed by atoms with Gasteiger partial charge in [-0.3, -0.25) is 19.2 Å². The molecule has 0 aliphatic carbocycles. The van der Waals surface area contributed by atoms with Crippen molar-refractivity contribution in [2.24, 2.45) is 0 Å². The summed E-state index contributed by atoms with van der Waals surface area (Å²) in [5.41, 5.74) is 0. The molecule has 0 aromatic heterocycles. The molecule has 0 aromatic carbocycles. The number of amides is 1. The highest BCUT2D eigenvalue weighted by atomic mass is 16.7. The van der Waals surface area contributed by atoms with E-state index >= 15 is 0 Å². The van der Waals surface area contributed by atoms with Crippen molar-refractivity contribution < 1.29 is 43.2 Å². The van der Waals surface area contributed by atoms with Crippen molar-refractivity contribution in [2.45, 2.75) is 58.3 Å². The molecular formula is C14H21NO9. The van der Waals surface area contributed by atoms with E-state index < -0.39 is 54.5 Å². The van der Waals surface area contributed by atoms with Crippen LogP contribution in [0.2, 0.25) is 0 Å². The van der Waals surface area contributed by atoms with Gasteiger partial charge in [0.05, 0.1) is 0 Å². The Labute approximate surface area is 138 Å². The molecule has 0 unspecified atom stereocenters. The number of rotatable bonds is 5. The van der Waals surface area contributed by atoms with E-state index in [4.69, 9.17) is 18.9 Å². The van der Waals surface area contributed by atoms with E-state index in [0.717, 1.165) is 13.8 Å². The Hall–Kier alpha value is -2.20. The molecule has 1 aliphatic rings. The Kier molecular flexibility index (Phi) is 7.11. The lowest BCUT2D eigenvalue weighted by atomic mass is 9.96. The van der Waals surface area contributed by atoms with Crippen LogP contribution in [0.5, 0.6) is 0 Å². The number of aliphatic hydroxyl groups is 1. The second-order valence-corrected chi connectivity index (χ2v) is 5.25. The Balaban J connectivity index is 3.07. The highest BCUT2D eigenvalue weighted by Gasteiger charge is 2.49. The van der Waals surface area contributed by atoms with Gasteiger partial charge >= 0.3 is 17.9 Å². The average molecular weight is 347 g/mol. The van der Waals surface area contributed by atoms with Crippen LogP contribution in [0.15, 0.2) is 0 Å². The third-order valence-electron chi connectivity index (χ3n) is 3.08. The van der Waals surface area contributed by atoms with Crippen molar-refractivity contribution in [3.63, 3.8) is 0 Å². The van der Waals surface area contributed by atoms with Crippen molar-refractivity contribution in [1.29, 1.82) is 0 Å². The van der Waals surface area contributed by atoms with Gasteiger partial charge in [-0.15, -0.1) is 0 Å². The van der Waals surface area contributed by atoms with E-state index in [-0.39, 0.29) is 6.61 Å². The van der Waals surface area contributed by atoms with Gasteiger partial charge < -0.3 is 29.4 Å². The number of carbonyl (C=O) groups is 4. The molecule has 2 N–H and O–H groups in total. The first-order valence-electron chi connectivity index (χ1n) is 7.20. The van der Waals surface area contributed by atoms with Crippen LogP contribution in [0.3, 0.4) is 0 Å². The molecule has 1 heterocycles. The standard InChI is InChI=1S/C14H21NO9/c1-6(16)15-11-13(22-8(3)18)12(20)10(5-21-7(2)17)24-14(11)23-9(4)19/h10-14,20H,5H2,1-4H3,(H,15,16)/t10-,11-,12-,13-,14+/m1/s1. The summed E-state index contributed by atoms with van der Waals surface area (Å²) in [5.74, 6) is -2.55. The SMILES string of the molecule is CC(=O)N[C@H]1[C@@H](OC(C)=O)O[C@H](COC(C)=O)[C@@H](O)[C@@H]1OC(C)=O. The van der Waals surface area contributed by atoms with Crippen molar-refractivity contribution in [3.05, 3.63) is 0 Å². The van der Waals surface area contributed by atoms with Crippen LogP contribution < -0.4 is 5.32 Å². The minimum Gasteiger partial charge on any atom is -0.463 e. The summed E-state index contributed by atoms with van der Waals surface area (Å²) < 4.78 is 20.2. The summed E-state index contributed by atoms with van der Waals surface area (Å²) in [6.45, 7) is 4.27. The van der Waals surface area contributed by atoms with E-state index in [1.165, 1.54) is 13.8 Å². The van der Waals surface area contributed by atoms with Crippen molar-refractivity contribution in [3.8, 4) is 0 Å². The van der Waals surface area contributed by atoms with E-state index in [0.29, 0.717) is 0 Å². The van der Waals surface area contributed by atoms with Crippen molar-refractivity contribution in [2.75, 3.05) is 6.61 Å². The topological polar surface area (TPSA) is 137 Å². The third-order valence-corrected chi connectivity index (χ3v) is 3.08. The maximum Gasteiger partial charge on any atom is 0.305 e. The fourth-order valence-electron chi connectivity index (χ4n) is 2.24. The number of nitrogens with one attached hydrogen (secondary N) is 1. The van der Waals surface area contributed by atoms with Gasteiger partial charge in [-0.1, -0.05) is 0 Å². The van der Waals surface area contributed by atoms with Crippen LogP contribution in [0, 0.1) is 0 Å². The van der Waals surface area contributed by atoms with Gasteiger partial charge in [-0.25, -0.2) is 0 Å². The van der Waals surface area contributed by atoms with Crippen LogP contribution >= 0.6 is 0 Å². The zero-order valence-corrected chi connectivity index (χ0v) is 13.8. The van der Waals surface area contributed by atoms with Gasteiger partial charge in [-0.2, -0.15) is 0 Å². The highest BCUT2D eigenvalue weighted by molar-refractivity contribution is 5.74. The Morgan fingerprint density at radius 1 is 1.00 bits per heavy atom. The van der Waals surface area contributed by atoms with E-state index in [1.807, 2.05) is 0 Å². The average Bonchev–Trinajstić information content (AvgIpc) is 2.42. The van der Waals surface area contributed by atoms with Gasteiger partial charge in [0.15, 0.2) is 6.10 Å². The van der Waals surface area contributed by atoms with Crippen LogP contribution in [0.4, 0.5) is 0 Å². The molecule has 5 atom stereocenters. The normalized spacial score (nSPS) is 29.3. The van der Waals surface area contributed by atoms with E-state index in [9.17, 15) is 24.3 Å². The van der Waals surface area contributed by atoms with Crippen molar-refractivity contribution in [1.82, 2.24) is 5.32 Å². The second kappa shape index (κ2) is 8.60. The molecule has 1 aliphatic heterocycles. The number of hydrogen-bond donors (Lipinski definition) is 2. The smallest absolute Gasteiger partial charge is 0.305 e. The summed E-state index contributed by atoms with van der Waals surface area (Å²) in [5, 5.41) is 12.8. The third kappa shape index (κ3) is 5.78. The molecular weight excluding hydrogens is 326 g/mol. The number of carbonyl (C=O) groups excluding carboxylic acids is 4. The first-order chi connectivity index (χ1) is 11.1. The number of esters is 3. The predicted octanol–water partition coefficient (Wildman–Crippen LogP) is -1.37. The lowest BCUT2D eigenvalue weighted by Crippen LogP contribution is -2.66. The Bertz CT molecular complexity index is 506. The minimum atomic E-state index is -1.42. The molecule has 10 nitrogen and oxygen atoms in total. The summed E-state index contributed by atoms with van der Waals surface area (Å²) >= 11 is 0. The minimum absolute atomic E-state index is 0.348. The molecule has 1 fully saturated rings. The molecule has 10 heteroatoms. The van der Waals surface area contributed by atoms with Crippen molar-refractivity contribution >= 4 is 23.8 Å². The predicted molar refractivity (Wildman–Crippen MR) is 76.2 cm³/mol. The van der Waals surface area contributed by atoms with Gasteiger partial charge in [-0.05, 0) is 0 Å². The monoisotopic (exact) mass is 347 g/mol. The van der Waals surface area contributed by atoms with Crippen LogP contribution in [-0.4, -0.2) is 66.2 Å². The largest absolute Gasteiger partial charge is 0.463 e. The molecule has 1 amide bonds. The molecule has 1 saturated heterocycles. The fraction of sp³-hybridized carbons (Fsp3) is 0.714. The lowest BCUT2D eigenvalue weighted by Gasteiger charge is -2.43.